The zero-order valence-electron chi connectivity index (χ0n) is 14.9. The predicted molar refractivity (Wildman–Crippen MR) is 98.6 cm³/mol. The predicted octanol–water partition coefficient (Wildman–Crippen LogP) is 3.75. The number of aliphatic hydroxyl groups excluding tert-OH is 1. The fraction of sp³-hybridized carbons (Fsp3) is 0.500. The van der Waals surface area contributed by atoms with E-state index >= 15 is 0 Å². The Morgan fingerprint density at radius 3 is 2.81 bits per heavy atom. The van der Waals surface area contributed by atoms with Crippen molar-refractivity contribution in [3.63, 3.8) is 0 Å². The first kappa shape index (κ1) is 17.5. The molecule has 3 heterocycles. The van der Waals surface area contributed by atoms with Crippen molar-refractivity contribution in [3.8, 4) is 0 Å². The van der Waals surface area contributed by atoms with Crippen molar-refractivity contribution < 1.29 is 19.1 Å². The molecular weight excluding hydrogens is 350 g/mol. The zero-order valence-corrected chi connectivity index (χ0v) is 15.7. The van der Waals surface area contributed by atoms with E-state index in [1.807, 2.05) is 17.5 Å². The Labute approximate surface area is 156 Å². The minimum Gasteiger partial charge on any atom is -0.465 e. The molecule has 1 saturated heterocycles. The number of carbonyl (C=O) groups is 2. The molecule has 0 radical (unpaired) electrons. The first-order chi connectivity index (χ1) is 12.6. The van der Waals surface area contributed by atoms with E-state index < -0.39 is 6.10 Å². The van der Waals surface area contributed by atoms with Gasteiger partial charge in [-0.3, -0.25) is 9.59 Å². The molecule has 1 unspecified atom stereocenters. The first-order valence-electron chi connectivity index (χ1n) is 9.22. The lowest BCUT2D eigenvalue weighted by Crippen LogP contribution is -2.40. The van der Waals surface area contributed by atoms with Crippen LogP contribution in [-0.2, 0) is 6.42 Å². The highest BCUT2D eigenvalue weighted by Crippen LogP contribution is 2.35. The lowest BCUT2D eigenvalue weighted by molar-refractivity contribution is 0.0471. The topological polar surface area (TPSA) is 70.8 Å². The van der Waals surface area contributed by atoms with Crippen molar-refractivity contribution in [2.24, 2.45) is 5.92 Å². The molecule has 6 heteroatoms. The Hall–Kier alpha value is -1.92. The Bertz CT molecular complexity index is 815. The zero-order chi connectivity index (χ0) is 18.3. The summed E-state index contributed by atoms with van der Waals surface area (Å²) in [6.45, 7) is 2.96. The average Bonchev–Trinajstić information content (AvgIpc) is 3.29. The Morgan fingerprint density at radius 1 is 1.35 bits per heavy atom. The van der Waals surface area contributed by atoms with Crippen molar-refractivity contribution in [2.45, 2.75) is 45.1 Å². The number of fused-ring (bicyclic) bond motifs is 1. The van der Waals surface area contributed by atoms with Crippen molar-refractivity contribution in [3.05, 3.63) is 45.0 Å². The number of Topliss-reactive ketones (excluding diaryl/α,β-unsaturated/α-hetero) is 1. The molecular formula is C20H23NO4S. The van der Waals surface area contributed by atoms with Crippen LogP contribution in [0.4, 0.5) is 0 Å². The fourth-order valence-electron chi connectivity index (χ4n) is 4.13. The smallest absolute Gasteiger partial charge is 0.258 e. The average molecular weight is 373 g/mol. The number of carbonyl (C=O) groups excluding carboxylic acids is 2. The van der Waals surface area contributed by atoms with Crippen LogP contribution in [0.5, 0.6) is 0 Å². The summed E-state index contributed by atoms with van der Waals surface area (Å²) in [6, 6.07) is 3.91. The molecule has 5 nitrogen and oxygen atoms in total. The molecule has 1 aliphatic heterocycles. The van der Waals surface area contributed by atoms with E-state index in [0.29, 0.717) is 42.2 Å². The molecule has 1 atom stereocenters. The van der Waals surface area contributed by atoms with Crippen molar-refractivity contribution in [2.75, 3.05) is 13.1 Å². The van der Waals surface area contributed by atoms with E-state index in [0.717, 1.165) is 30.6 Å². The Balaban J connectivity index is 1.48. The van der Waals surface area contributed by atoms with E-state index in [-0.39, 0.29) is 17.6 Å². The van der Waals surface area contributed by atoms with Crippen molar-refractivity contribution in [1.29, 1.82) is 0 Å². The molecule has 0 saturated carbocycles. The number of nitrogens with zero attached hydrogens (tertiary/aromatic N) is 1. The summed E-state index contributed by atoms with van der Waals surface area (Å²) in [5.41, 5.74) is 0.974. The van der Waals surface area contributed by atoms with Gasteiger partial charge in [0.15, 0.2) is 5.78 Å². The highest BCUT2D eigenvalue weighted by molar-refractivity contribution is 7.10. The number of aliphatic hydroxyl groups is 1. The van der Waals surface area contributed by atoms with Crippen molar-refractivity contribution in [1.82, 2.24) is 4.90 Å². The third kappa shape index (κ3) is 3.01. The van der Waals surface area contributed by atoms with E-state index in [1.54, 1.807) is 23.2 Å². The maximum atomic E-state index is 13.1. The summed E-state index contributed by atoms with van der Waals surface area (Å²) in [6.07, 6.45) is 3.07. The summed E-state index contributed by atoms with van der Waals surface area (Å²) in [5.74, 6) is 1.31. The van der Waals surface area contributed by atoms with Gasteiger partial charge in [-0.25, -0.2) is 0 Å². The summed E-state index contributed by atoms with van der Waals surface area (Å²) in [7, 11) is 0. The largest absolute Gasteiger partial charge is 0.465 e. The molecule has 2 aromatic heterocycles. The second-order valence-electron chi connectivity index (χ2n) is 7.20. The summed E-state index contributed by atoms with van der Waals surface area (Å²) in [5, 5.41) is 12.5. The van der Waals surface area contributed by atoms with Crippen LogP contribution in [0.1, 0.15) is 68.9 Å². The number of ketones is 1. The van der Waals surface area contributed by atoms with E-state index in [4.69, 9.17) is 4.42 Å². The molecule has 4 rings (SSSR count). The number of aryl methyl sites for hydroxylation is 2. The summed E-state index contributed by atoms with van der Waals surface area (Å²) < 4.78 is 5.72. The van der Waals surface area contributed by atoms with Crippen LogP contribution in [-0.4, -0.2) is 34.8 Å². The minimum atomic E-state index is -0.461. The minimum absolute atomic E-state index is 0.0226. The Morgan fingerprint density at radius 2 is 2.12 bits per heavy atom. The highest BCUT2D eigenvalue weighted by Gasteiger charge is 2.35. The molecule has 138 valence electrons. The van der Waals surface area contributed by atoms with Gasteiger partial charge in [0.2, 0.25) is 0 Å². The second-order valence-corrected chi connectivity index (χ2v) is 8.18. The van der Waals surface area contributed by atoms with Gasteiger partial charge in [0, 0.05) is 30.8 Å². The van der Waals surface area contributed by atoms with Gasteiger partial charge >= 0.3 is 0 Å². The molecule has 2 aromatic rings. The van der Waals surface area contributed by atoms with Crippen LogP contribution in [0, 0.1) is 12.8 Å². The van der Waals surface area contributed by atoms with Gasteiger partial charge in [-0.05, 0) is 43.6 Å². The van der Waals surface area contributed by atoms with Crippen LogP contribution >= 0.6 is 11.3 Å². The van der Waals surface area contributed by atoms with Gasteiger partial charge in [0.25, 0.3) is 5.91 Å². The van der Waals surface area contributed by atoms with Crippen LogP contribution in [0.3, 0.4) is 0 Å². The number of hydrogen-bond acceptors (Lipinski definition) is 5. The van der Waals surface area contributed by atoms with Gasteiger partial charge in [0.1, 0.15) is 11.5 Å². The number of rotatable bonds is 3. The third-order valence-electron chi connectivity index (χ3n) is 5.57. The van der Waals surface area contributed by atoms with Gasteiger partial charge < -0.3 is 14.4 Å². The van der Waals surface area contributed by atoms with Crippen molar-refractivity contribution >= 4 is 23.0 Å². The number of furan rings is 1. The summed E-state index contributed by atoms with van der Waals surface area (Å²) >= 11 is 1.57. The maximum Gasteiger partial charge on any atom is 0.258 e. The van der Waals surface area contributed by atoms with Gasteiger partial charge in [-0.15, -0.1) is 11.3 Å². The molecule has 0 bridgehead atoms. The fourth-order valence-corrected chi connectivity index (χ4v) is 4.94. The highest BCUT2D eigenvalue weighted by atomic mass is 32.1. The Kier molecular flexibility index (Phi) is 4.71. The monoisotopic (exact) mass is 373 g/mol. The maximum absolute atomic E-state index is 13.1. The molecule has 26 heavy (non-hydrogen) atoms. The van der Waals surface area contributed by atoms with Gasteiger partial charge in [0.05, 0.1) is 17.2 Å². The molecule has 0 aromatic carbocycles. The number of amides is 1. The summed E-state index contributed by atoms with van der Waals surface area (Å²) in [4.78, 5) is 28.2. The van der Waals surface area contributed by atoms with E-state index in [2.05, 4.69) is 0 Å². The number of piperidine rings is 1. The van der Waals surface area contributed by atoms with E-state index in [9.17, 15) is 14.7 Å². The third-order valence-corrected chi connectivity index (χ3v) is 6.51. The van der Waals surface area contributed by atoms with Crippen LogP contribution < -0.4 is 0 Å². The number of likely N-dealkylation sites (tertiary alicyclic amines) is 1. The molecule has 1 aliphatic carbocycles. The molecule has 1 amide bonds. The number of hydrogen-bond donors (Lipinski definition) is 1. The lowest BCUT2D eigenvalue weighted by Gasteiger charge is -2.34. The molecule has 1 fully saturated rings. The van der Waals surface area contributed by atoms with Crippen LogP contribution in [0.25, 0.3) is 0 Å². The number of thiophene rings is 1. The van der Waals surface area contributed by atoms with Crippen LogP contribution in [0.2, 0.25) is 0 Å². The van der Waals surface area contributed by atoms with Gasteiger partial charge in [-0.2, -0.15) is 0 Å². The molecule has 2 aliphatic rings. The van der Waals surface area contributed by atoms with Crippen LogP contribution in [0.15, 0.2) is 21.9 Å². The lowest BCUT2D eigenvalue weighted by atomic mass is 9.89. The van der Waals surface area contributed by atoms with Gasteiger partial charge in [-0.1, -0.05) is 6.07 Å². The first-order valence-corrected chi connectivity index (χ1v) is 10.1. The normalized spacial score (nSPS) is 19.5. The second kappa shape index (κ2) is 7.00. The quantitative estimate of drug-likeness (QED) is 0.889. The van der Waals surface area contributed by atoms with E-state index in [1.165, 1.54) is 0 Å². The SMILES string of the molecule is Cc1oc2c(c1C(=O)N1CCC(C(O)c3cccs3)CC1)C(=O)CCC2. The standard InChI is InChI=1S/C20H23NO4S/c1-12-17(18-14(22)4-2-5-15(18)25-12)20(24)21-9-7-13(8-10-21)19(23)16-6-3-11-26-16/h3,6,11,13,19,23H,2,4-5,7-10H2,1H3. The molecule has 1 N–H and O–H groups in total. The molecule has 0 spiro atoms.